The molecule has 3 nitrogen and oxygen atoms in total. The van der Waals surface area contributed by atoms with Crippen LogP contribution in [0.2, 0.25) is 0 Å². The molecule has 11 rings (SSSR count). The van der Waals surface area contributed by atoms with Crippen molar-refractivity contribution in [1.29, 1.82) is 0 Å². The van der Waals surface area contributed by atoms with Crippen LogP contribution < -0.4 is 0 Å². The maximum Gasteiger partial charge on any atom is 0.160 e. The Morgan fingerprint density at radius 3 is 2.02 bits per heavy atom. The van der Waals surface area contributed by atoms with E-state index in [0.29, 0.717) is 12.3 Å². The molecule has 2 aromatic heterocycles. The number of thiophene rings is 1. The summed E-state index contributed by atoms with van der Waals surface area (Å²) in [5.41, 5.74) is 11.3. The summed E-state index contributed by atoms with van der Waals surface area (Å²) in [4.78, 5) is 10.7. The number of hydrogen-bond acceptors (Lipinski definition) is 4. The van der Waals surface area contributed by atoms with Crippen LogP contribution in [0.3, 0.4) is 0 Å². The van der Waals surface area contributed by atoms with Crippen LogP contribution in [-0.4, -0.2) is 11.5 Å². The molecule has 1 aliphatic heterocycles. The summed E-state index contributed by atoms with van der Waals surface area (Å²) in [7, 11) is 0. The van der Waals surface area contributed by atoms with Crippen LogP contribution in [-0.2, 0) is 0 Å². The van der Waals surface area contributed by atoms with E-state index in [2.05, 4.69) is 164 Å². The van der Waals surface area contributed by atoms with E-state index in [-0.39, 0.29) is 0 Å². The van der Waals surface area contributed by atoms with Crippen molar-refractivity contribution in [1.82, 2.24) is 0 Å². The zero-order chi connectivity index (χ0) is 36.3. The number of hydrogen-bond donors (Lipinski definition) is 0. The van der Waals surface area contributed by atoms with E-state index >= 15 is 0 Å². The molecule has 0 atom stereocenters. The molecule has 0 radical (unpaired) electrons. The molecule has 0 saturated carbocycles. The molecule has 0 unspecified atom stereocenters. The summed E-state index contributed by atoms with van der Waals surface area (Å²) >= 11 is 1.84. The Balaban J connectivity index is 1.04. The standard InChI is InChI=1S/C51H32N2OS/c1-2-9-32(10-3-1)34-17-20-35(21-18-34)44-27-28-45(39-22-19-33-11-4-5-12-36(33)29-39)53-51(52-44)43-14-8-15-46-50(43)42-26-24-37(30-47(42)54-46)38-23-25-41-40-13-6-7-16-48(40)55-49(41)31-38/h1-27,29-31H,28H2. The van der Waals surface area contributed by atoms with Crippen molar-refractivity contribution in [2.45, 2.75) is 6.42 Å². The van der Waals surface area contributed by atoms with Gasteiger partial charge in [-0.25, -0.2) is 9.98 Å². The molecule has 10 aromatic rings. The van der Waals surface area contributed by atoms with Gasteiger partial charge < -0.3 is 4.42 Å². The van der Waals surface area contributed by atoms with Gasteiger partial charge in [-0.15, -0.1) is 11.3 Å². The summed E-state index contributed by atoms with van der Waals surface area (Å²) in [5, 5.41) is 7.07. The van der Waals surface area contributed by atoms with Gasteiger partial charge in [0.2, 0.25) is 0 Å². The van der Waals surface area contributed by atoms with E-state index in [1.807, 2.05) is 29.5 Å². The van der Waals surface area contributed by atoms with Crippen LogP contribution in [0.1, 0.15) is 23.1 Å². The Morgan fingerprint density at radius 2 is 1.13 bits per heavy atom. The van der Waals surface area contributed by atoms with Crippen molar-refractivity contribution in [2.75, 3.05) is 0 Å². The lowest BCUT2D eigenvalue weighted by molar-refractivity contribution is 0.669. The average molecular weight is 721 g/mol. The zero-order valence-electron chi connectivity index (χ0n) is 29.7. The van der Waals surface area contributed by atoms with Crippen molar-refractivity contribution in [3.8, 4) is 22.3 Å². The van der Waals surface area contributed by atoms with Gasteiger partial charge in [0, 0.05) is 42.9 Å². The second-order valence-electron chi connectivity index (χ2n) is 14.1. The lowest BCUT2D eigenvalue weighted by Gasteiger charge is -2.08. The topological polar surface area (TPSA) is 37.9 Å². The number of benzene rings is 8. The smallest absolute Gasteiger partial charge is 0.160 e. The molecular weight excluding hydrogens is 689 g/mol. The molecule has 0 amide bonds. The van der Waals surface area contributed by atoms with Gasteiger partial charge in [0.25, 0.3) is 0 Å². The average Bonchev–Trinajstić information content (AvgIpc) is 3.73. The highest BCUT2D eigenvalue weighted by atomic mass is 32.1. The van der Waals surface area contributed by atoms with E-state index in [4.69, 9.17) is 14.4 Å². The van der Waals surface area contributed by atoms with Gasteiger partial charge in [0.05, 0.1) is 11.4 Å². The Hall–Kier alpha value is -6.88. The lowest BCUT2D eigenvalue weighted by Crippen LogP contribution is -2.05. The number of fused-ring (bicyclic) bond motifs is 7. The number of aliphatic imine (C=N–C) groups is 2. The fourth-order valence-electron chi connectivity index (χ4n) is 7.97. The van der Waals surface area contributed by atoms with Crippen molar-refractivity contribution in [3.05, 3.63) is 199 Å². The molecule has 0 saturated heterocycles. The summed E-state index contributed by atoms with van der Waals surface area (Å²) in [6, 6.07) is 62.5. The number of nitrogens with zero attached hydrogens (tertiary/aromatic N) is 2. The monoisotopic (exact) mass is 720 g/mol. The normalized spacial score (nSPS) is 13.3. The van der Waals surface area contributed by atoms with Crippen LogP contribution in [0.5, 0.6) is 0 Å². The fourth-order valence-corrected chi connectivity index (χ4v) is 9.11. The van der Waals surface area contributed by atoms with Crippen LogP contribution in [0.15, 0.2) is 196 Å². The molecule has 0 aliphatic carbocycles. The molecule has 1 aliphatic rings. The SMILES string of the molecule is C1=C(c2ccc(-c3ccccc3)cc2)N=C(c2cccc3oc4cc(-c5ccc6c(c5)sc5ccccc56)ccc4c23)N=C(c2ccc3ccccc3c2)C1. The first-order valence-electron chi connectivity index (χ1n) is 18.6. The third kappa shape index (κ3) is 5.58. The third-order valence-electron chi connectivity index (χ3n) is 10.8. The largest absolute Gasteiger partial charge is 0.456 e. The molecule has 0 N–H and O–H groups in total. The molecular formula is C51H32N2OS. The van der Waals surface area contributed by atoms with Crippen molar-refractivity contribution >= 4 is 81.5 Å². The molecule has 0 fully saturated rings. The van der Waals surface area contributed by atoms with Crippen LogP contribution in [0.4, 0.5) is 0 Å². The van der Waals surface area contributed by atoms with E-state index in [9.17, 15) is 0 Å². The third-order valence-corrected chi connectivity index (χ3v) is 11.9. The lowest BCUT2D eigenvalue weighted by atomic mass is 10.00. The first-order chi connectivity index (χ1) is 27.2. The highest BCUT2D eigenvalue weighted by Crippen LogP contribution is 2.39. The van der Waals surface area contributed by atoms with E-state index < -0.39 is 0 Å². The van der Waals surface area contributed by atoms with Gasteiger partial charge in [-0.3, -0.25) is 0 Å². The molecule has 3 heterocycles. The highest BCUT2D eigenvalue weighted by molar-refractivity contribution is 7.25. The van der Waals surface area contributed by atoms with Crippen LogP contribution in [0.25, 0.3) is 80.8 Å². The number of allylic oxidation sites excluding steroid dienone is 1. The summed E-state index contributed by atoms with van der Waals surface area (Å²) < 4.78 is 9.22. The van der Waals surface area contributed by atoms with Gasteiger partial charge in [0.1, 0.15) is 11.2 Å². The van der Waals surface area contributed by atoms with Crippen molar-refractivity contribution in [2.24, 2.45) is 9.98 Å². The Kier molecular flexibility index (Phi) is 7.42. The first-order valence-corrected chi connectivity index (χ1v) is 19.4. The summed E-state index contributed by atoms with van der Waals surface area (Å²) in [6.07, 6.45) is 2.86. The number of rotatable bonds is 5. The summed E-state index contributed by atoms with van der Waals surface area (Å²) in [6.45, 7) is 0. The molecule has 0 bridgehead atoms. The van der Waals surface area contributed by atoms with E-state index in [1.54, 1.807) is 0 Å². The number of amidine groups is 1. The number of furan rings is 1. The summed E-state index contributed by atoms with van der Waals surface area (Å²) in [5.74, 6) is 0.673. The van der Waals surface area contributed by atoms with Crippen LogP contribution in [0, 0.1) is 0 Å². The Morgan fingerprint density at radius 1 is 0.436 bits per heavy atom. The van der Waals surface area contributed by atoms with E-state index in [0.717, 1.165) is 55.6 Å². The maximum atomic E-state index is 6.62. The molecule has 55 heavy (non-hydrogen) atoms. The maximum absolute atomic E-state index is 6.62. The van der Waals surface area contributed by atoms with Gasteiger partial charge in [-0.2, -0.15) is 0 Å². The minimum Gasteiger partial charge on any atom is -0.456 e. The molecule has 258 valence electrons. The first kappa shape index (κ1) is 31.6. The fraction of sp³-hybridized carbons (Fsp3) is 0.0196. The zero-order valence-corrected chi connectivity index (χ0v) is 30.6. The minimum absolute atomic E-state index is 0.650. The second-order valence-corrected chi connectivity index (χ2v) is 15.2. The Bertz CT molecular complexity index is 3220. The van der Waals surface area contributed by atoms with Gasteiger partial charge >= 0.3 is 0 Å². The predicted molar refractivity (Wildman–Crippen MR) is 234 cm³/mol. The van der Waals surface area contributed by atoms with Crippen LogP contribution >= 0.6 is 11.3 Å². The van der Waals surface area contributed by atoms with E-state index in [1.165, 1.54) is 47.6 Å². The second kappa shape index (κ2) is 12.9. The predicted octanol–water partition coefficient (Wildman–Crippen LogP) is 14.1. The van der Waals surface area contributed by atoms with Gasteiger partial charge in [-0.05, 0) is 80.6 Å². The highest BCUT2D eigenvalue weighted by Gasteiger charge is 2.20. The van der Waals surface area contributed by atoms with Crippen molar-refractivity contribution < 1.29 is 4.42 Å². The molecule has 8 aromatic carbocycles. The Labute approximate surface area is 321 Å². The quantitative estimate of drug-likeness (QED) is 0.174. The minimum atomic E-state index is 0.650. The van der Waals surface area contributed by atoms with Crippen molar-refractivity contribution in [3.63, 3.8) is 0 Å². The van der Waals surface area contributed by atoms with Gasteiger partial charge in [-0.1, -0.05) is 146 Å². The molecule has 0 spiro atoms. The van der Waals surface area contributed by atoms with Gasteiger partial charge in [0.15, 0.2) is 5.84 Å². The molecule has 4 heteroatoms.